The van der Waals surface area contributed by atoms with E-state index in [4.69, 9.17) is 20.0 Å². The van der Waals surface area contributed by atoms with Crippen LogP contribution in [0.3, 0.4) is 0 Å². The Bertz CT molecular complexity index is 2170. The van der Waals surface area contributed by atoms with Crippen LogP contribution in [-0.4, -0.2) is 11.4 Å². The topological polar surface area (TPSA) is 52.9 Å². The van der Waals surface area contributed by atoms with Crippen molar-refractivity contribution in [2.75, 3.05) is 0 Å². The van der Waals surface area contributed by atoms with Crippen molar-refractivity contribution in [2.24, 2.45) is 9.98 Å². The fourth-order valence-electron chi connectivity index (χ4n) is 7.44. The summed E-state index contributed by atoms with van der Waals surface area (Å²) in [6.45, 7) is 8.99. The van der Waals surface area contributed by atoms with Crippen LogP contribution in [0.1, 0.15) is 72.7 Å². The van der Waals surface area contributed by atoms with Crippen LogP contribution in [0.2, 0.25) is 0 Å². The number of hydrogen-bond acceptors (Lipinski definition) is 2. The Kier molecular flexibility index (Phi) is 5.96. The Balaban J connectivity index is 0.00000300. The molecule has 5 heterocycles. The molecule has 4 nitrogen and oxygen atoms in total. The predicted molar refractivity (Wildman–Crippen MR) is 182 cm³/mol. The van der Waals surface area contributed by atoms with E-state index in [1.807, 2.05) is 0 Å². The number of aliphatic imine (C=N–C) groups is 2. The number of fused-ring (bicyclic) bond motifs is 18. The summed E-state index contributed by atoms with van der Waals surface area (Å²) in [7, 11) is 0. The Morgan fingerprint density at radius 3 is 1.18 bits per heavy atom. The summed E-state index contributed by atoms with van der Waals surface area (Å²) < 4.78 is 0. The van der Waals surface area contributed by atoms with Crippen LogP contribution in [0, 0.1) is 0 Å². The van der Waals surface area contributed by atoms with Crippen LogP contribution in [0.5, 0.6) is 0 Å². The van der Waals surface area contributed by atoms with Gasteiger partial charge in [0.1, 0.15) is 0 Å². The van der Waals surface area contributed by atoms with Crippen molar-refractivity contribution in [2.45, 2.75) is 38.5 Å². The molecule has 221 valence electrons. The molecule has 0 N–H and O–H groups in total. The zero-order valence-corrected chi connectivity index (χ0v) is 26.4. The maximum Gasteiger partial charge on any atom is 2.00 e. The van der Waals surface area contributed by atoms with Crippen LogP contribution >= 0.6 is 0 Å². The molecule has 4 aromatic carbocycles. The minimum atomic E-state index is -0.462. The molecule has 1 radical (unpaired) electrons. The summed E-state index contributed by atoms with van der Waals surface area (Å²) in [6, 6.07) is 34.3. The summed E-state index contributed by atoms with van der Waals surface area (Å²) in [5.74, 6) is 0. The molecule has 9 rings (SSSR count). The average molecular weight is 630 g/mol. The van der Waals surface area contributed by atoms with E-state index in [1.54, 1.807) is 0 Å². The molecule has 2 aromatic heterocycles. The fraction of sp³-hybridized carbons (Fsp3) is 0.150. The van der Waals surface area contributed by atoms with Crippen LogP contribution in [0.4, 0.5) is 0 Å². The Hall–Kier alpha value is -4.70. The van der Waals surface area contributed by atoms with Crippen molar-refractivity contribution in [1.82, 2.24) is 9.97 Å². The van der Waals surface area contributed by atoms with E-state index in [-0.39, 0.29) is 17.1 Å². The Morgan fingerprint density at radius 2 is 0.778 bits per heavy atom. The molecule has 0 atom stereocenters. The summed E-state index contributed by atoms with van der Waals surface area (Å²) in [6.07, 6.45) is 4.35. The summed E-state index contributed by atoms with van der Waals surface area (Å²) in [5.41, 5.74) is 11.5. The van der Waals surface area contributed by atoms with Gasteiger partial charge in [0, 0.05) is 33.1 Å². The first-order valence-electron chi connectivity index (χ1n) is 15.3. The molecule has 0 fully saturated rings. The maximum absolute atomic E-state index is 5.39. The standard InChI is InChI=1S/C40H30N4.Cu/c1-39(2)35-27-17-9-5-13-23(27)31(41-35)21-33-25-15-7-11-19-29(25)37(43-33)40(3,4)38-30-20-12-8-16-26(30)34(44-38)22-32-24-14-6-10-18-28(24)36(39)42-32;/h5-22H,1-4H3;/q-2;+2/b31-21-,34-22-;. The van der Waals surface area contributed by atoms with Crippen molar-refractivity contribution in [3.63, 3.8) is 0 Å². The van der Waals surface area contributed by atoms with Gasteiger partial charge in [-0.1, -0.05) is 125 Å². The van der Waals surface area contributed by atoms with Crippen LogP contribution < -0.4 is 9.97 Å². The van der Waals surface area contributed by atoms with Crippen LogP contribution in [0.25, 0.3) is 45.1 Å². The van der Waals surface area contributed by atoms with Gasteiger partial charge in [-0.3, -0.25) is 9.98 Å². The fourth-order valence-corrected chi connectivity index (χ4v) is 7.44. The smallest absolute Gasteiger partial charge is 0.659 e. The second-order valence-electron chi connectivity index (χ2n) is 13.1. The molecule has 0 amide bonds. The Labute approximate surface area is 273 Å². The molecule has 0 saturated carbocycles. The summed E-state index contributed by atoms with van der Waals surface area (Å²) in [5, 5.41) is 4.55. The van der Waals surface area contributed by atoms with Crippen molar-refractivity contribution in [3.8, 4) is 0 Å². The van der Waals surface area contributed by atoms with Gasteiger partial charge in [-0.15, -0.1) is 22.8 Å². The number of benzene rings is 4. The molecule has 45 heavy (non-hydrogen) atoms. The van der Waals surface area contributed by atoms with Gasteiger partial charge in [-0.05, 0) is 33.7 Å². The minimum Gasteiger partial charge on any atom is -0.659 e. The van der Waals surface area contributed by atoms with Crippen molar-refractivity contribution < 1.29 is 17.1 Å². The van der Waals surface area contributed by atoms with Crippen molar-refractivity contribution in [1.29, 1.82) is 0 Å². The molecular formula is C40H30CuN4. The molecule has 0 unspecified atom stereocenters. The summed E-state index contributed by atoms with van der Waals surface area (Å²) >= 11 is 0. The van der Waals surface area contributed by atoms with E-state index in [1.165, 1.54) is 0 Å². The molecule has 5 heteroatoms. The number of rotatable bonds is 0. The van der Waals surface area contributed by atoms with Crippen LogP contribution in [-0.2, 0) is 27.9 Å². The van der Waals surface area contributed by atoms with Gasteiger partial charge >= 0.3 is 17.1 Å². The molecule has 3 aliphatic rings. The number of nitrogens with zero attached hydrogens (tertiary/aromatic N) is 4. The zero-order valence-electron chi connectivity index (χ0n) is 25.5. The first-order valence-corrected chi connectivity index (χ1v) is 15.3. The number of hydrogen-bond donors (Lipinski definition) is 0. The molecular weight excluding hydrogens is 600 g/mol. The van der Waals surface area contributed by atoms with E-state index in [9.17, 15) is 0 Å². The quantitative estimate of drug-likeness (QED) is 0.158. The maximum atomic E-state index is 5.39. The van der Waals surface area contributed by atoms with Gasteiger partial charge in [0.15, 0.2) is 0 Å². The van der Waals surface area contributed by atoms with Crippen LogP contribution in [0.15, 0.2) is 107 Å². The second kappa shape index (κ2) is 9.65. The van der Waals surface area contributed by atoms with Gasteiger partial charge in [0.25, 0.3) is 0 Å². The summed E-state index contributed by atoms with van der Waals surface area (Å²) in [4.78, 5) is 21.5. The van der Waals surface area contributed by atoms with Gasteiger partial charge in [-0.25, -0.2) is 0 Å². The molecule has 6 aromatic rings. The van der Waals surface area contributed by atoms with E-state index in [0.29, 0.717) is 0 Å². The molecule has 0 spiro atoms. The van der Waals surface area contributed by atoms with Crippen molar-refractivity contribution >= 4 is 56.5 Å². The monoisotopic (exact) mass is 629 g/mol. The van der Waals surface area contributed by atoms with Gasteiger partial charge in [0.2, 0.25) is 0 Å². The van der Waals surface area contributed by atoms with Gasteiger partial charge in [0.05, 0.1) is 22.8 Å². The van der Waals surface area contributed by atoms with E-state index < -0.39 is 10.8 Å². The van der Waals surface area contributed by atoms with Gasteiger partial charge < -0.3 is 9.97 Å². The average Bonchev–Trinajstić information content (AvgIpc) is 3.80. The minimum absolute atomic E-state index is 0. The normalized spacial score (nSPS) is 19.5. The second-order valence-corrected chi connectivity index (χ2v) is 13.1. The third kappa shape index (κ3) is 3.84. The first-order chi connectivity index (χ1) is 21.3. The Morgan fingerprint density at radius 1 is 0.444 bits per heavy atom. The van der Waals surface area contributed by atoms with E-state index >= 15 is 0 Å². The van der Waals surface area contributed by atoms with Gasteiger partial charge in [-0.2, -0.15) is 0 Å². The molecule has 0 saturated heterocycles. The number of aromatic nitrogens is 2. The van der Waals surface area contributed by atoms with Crippen molar-refractivity contribution in [3.05, 3.63) is 142 Å². The molecule has 8 bridgehead atoms. The first kappa shape index (κ1) is 27.8. The predicted octanol–water partition coefficient (Wildman–Crippen LogP) is 8.78. The van der Waals surface area contributed by atoms with E-state index in [0.717, 1.165) is 89.4 Å². The molecule has 0 aliphatic carbocycles. The zero-order chi connectivity index (χ0) is 29.8. The SMILES string of the molecule is CC1(C)C2=N/C(=C\c3[n-]c(c4ccccc34)C(C)(C)C3=N/C(=C\c4[n-]c1c1ccccc41)c1ccccc13)c1ccccc12.[Cu+2]. The van der Waals surface area contributed by atoms with E-state index in [2.05, 4.69) is 137 Å². The molecule has 3 aliphatic heterocycles. The largest absolute Gasteiger partial charge is 2.00 e. The third-order valence-corrected chi connectivity index (χ3v) is 9.68. The third-order valence-electron chi connectivity index (χ3n) is 9.68.